The van der Waals surface area contributed by atoms with Gasteiger partial charge in [0.1, 0.15) is 0 Å². The van der Waals surface area contributed by atoms with Crippen LogP contribution >= 0.6 is 0 Å². The fraction of sp³-hybridized carbons (Fsp3) is 0.500. The first-order valence-electron chi connectivity index (χ1n) is 6.63. The summed E-state index contributed by atoms with van der Waals surface area (Å²) in [6.45, 7) is 2.26. The number of anilines is 1. The lowest BCUT2D eigenvalue weighted by Gasteiger charge is -2.26. The molecular formula is C14H20F3N3O. The van der Waals surface area contributed by atoms with Gasteiger partial charge in [0, 0.05) is 25.8 Å². The minimum absolute atomic E-state index is 0.0217. The molecule has 118 valence electrons. The lowest BCUT2D eigenvalue weighted by Crippen LogP contribution is -2.36. The number of alkyl halides is 3. The second kappa shape index (κ2) is 7.31. The summed E-state index contributed by atoms with van der Waals surface area (Å²) in [4.78, 5) is 12.8. The Bertz CT molecular complexity index is 489. The van der Waals surface area contributed by atoms with Crippen LogP contribution in [0.1, 0.15) is 18.1 Å². The molecule has 0 aliphatic carbocycles. The summed E-state index contributed by atoms with van der Waals surface area (Å²) in [6.07, 6.45) is -4.46. The average Bonchev–Trinajstić information content (AvgIpc) is 2.44. The first-order valence-corrected chi connectivity index (χ1v) is 6.63. The molecule has 0 unspecified atom stereocenters. The summed E-state index contributed by atoms with van der Waals surface area (Å²) in [7, 11) is 3.13. The summed E-state index contributed by atoms with van der Waals surface area (Å²) in [5.74, 6) is -0.329. The van der Waals surface area contributed by atoms with Gasteiger partial charge in [-0.2, -0.15) is 13.2 Å². The van der Waals surface area contributed by atoms with E-state index >= 15 is 0 Å². The van der Waals surface area contributed by atoms with Crippen LogP contribution in [0.3, 0.4) is 0 Å². The topological polar surface area (TPSA) is 44.4 Å². The van der Waals surface area contributed by atoms with Crippen molar-refractivity contribution in [2.24, 2.45) is 0 Å². The van der Waals surface area contributed by atoms with Gasteiger partial charge in [0.15, 0.2) is 0 Å². The van der Waals surface area contributed by atoms with E-state index in [1.165, 1.54) is 18.0 Å². The van der Waals surface area contributed by atoms with Gasteiger partial charge in [0.05, 0.1) is 12.1 Å². The average molecular weight is 303 g/mol. The number of halogens is 3. The molecule has 1 aromatic carbocycles. The number of nitrogens with zero attached hydrogens (tertiary/aromatic N) is 1. The summed E-state index contributed by atoms with van der Waals surface area (Å²) in [5, 5.41) is 5.24. The highest BCUT2D eigenvalue weighted by Gasteiger charge is 2.35. The van der Waals surface area contributed by atoms with Gasteiger partial charge < -0.3 is 15.5 Å². The van der Waals surface area contributed by atoms with Crippen molar-refractivity contribution in [1.29, 1.82) is 0 Å². The first-order chi connectivity index (χ1) is 9.83. The molecule has 0 radical (unpaired) electrons. The molecule has 21 heavy (non-hydrogen) atoms. The van der Waals surface area contributed by atoms with Gasteiger partial charge in [-0.3, -0.25) is 4.79 Å². The molecule has 0 spiro atoms. The number of rotatable bonds is 6. The minimum Gasteiger partial charge on any atom is -0.362 e. The molecule has 1 aromatic rings. The van der Waals surface area contributed by atoms with Crippen LogP contribution in [0.5, 0.6) is 0 Å². The van der Waals surface area contributed by atoms with Gasteiger partial charge in [0.2, 0.25) is 5.91 Å². The molecule has 0 aliphatic heterocycles. The Morgan fingerprint density at radius 2 is 1.95 bits per heavy atom. The highest BCUT2D eigenvalue weighted by molar-refractivity contribution is 5.81. The third kappa shape index (κ3) is 4.63. The number of hydrogen-bond acceptors (Lipinski definition) is 3. The van der Waals surface area contributed by atoms with E-state index in [9.17, 15) is 18.0 Å². The van der Waals surface area contributed by atoms with Crippen molar-refractivity contribution in [3.63, 3.8) is 0 Å². The van der Waals surface area contributed by atoms with Gasteiger partial charge in [-0.25, -0.2) is 0 Å². The van der Waals surface area contributed by atoms with Crippen LogP contribution in [0.15, 0.2) is 18.2 Å². The fourth-order valence-corrected chi connectivity index (χ4v) is 2.02. The van der Waals surface area contributed by atoms with E-state index in [1.807, 2.05) is 0 Å². The van der Waals surface area contributed by atoms with Crippen LogP contribution in [0.2, 0.25) is 0 Å². The zero-order chi connectivity index (χ0) is 16.0. The van der Waals surface area contributed by atoms with Gasteiger partial charge >= 0.3 is 6.18 Å². The lowest BCUT2D eigenvalue weighted by molar-refractivity contribution is -0.137. The molecule has 0 bridgehead atoms. The highest BCUT2D eigenvalue weighted by Crippen LogP contribution is 2.37. The number of carbonyl (C=O) groups is 1. The second-order valence-electron chi connectivity index (χ2n) is 4.57. The van der Waals surface area contributed by atoms with Crippen molar-refractivity contribution >= 4 is 11.6 Å². The quantitative estimate of drug-likeness (QED) is 0.845. The molecule has 0 aliphatic rings. The zero-order valence-electron chi connectivity index (χ0n) is 12.3. The van der Waals surface area contributed by atoms with Crippen LogP contribution in [-0.2, 0) is 17.5 Å². The van der Waals surface area contributed by atoms with Crippen molar-refractivity contribution in [3.8, 4) is 0 Å². The maximum absolute atomic E-state index is 13.2. The fourth-order valence-electron chi connectivity index (χ4n) is 2.02. The molecule has 0 aromatic heterocycles. The molecule has 0 saturated carbocycles. The molecule has 1 amide bonds. The maximum atomic E-state index is 13.2. The van der Waals surface area contributed by atoms with Gasteiger partial charge in [-0.1, -0.05) is 6.07 Å². The molecule has 2 N–H and O–H groups in total. The van der Waals surface area contributed by atoms with Gasteiger partial charge in [0.25, 0.3) is 0 Å². The molecule has 7 heteroatoms. The van der Waals surface area contributed by atoms with Crippen molar-refractivity contribution in [3.05, 3.63) is 29.3 Å². The SMILES string of the molecule is CCN(CC(=O)NC)c1ccc(CNC)cc1C(F)(F)F. The molecule has 1 rings (SSSR count). The Balaban J connectivity index is 3.22. The van der Waals surface area contributed by atoms with E-state index in [0.717, 1.165) is 6.07 Å². The van der Waals surface area contributed by atoms with E-state index in [2.05, 4.69) is 10.6 Å². The number of carbonyl (C=O) groups excluding carboxylic acids is 1. The molecule has 0 atom stereocenters. The van der Waals surface area contributed by atoms with E-state index in [1.54, 1.807) is 20.0 Å². The monoisotopic (exact) mass is 303 g/mol. The number of benzene rings is 1. The third-order valence-electron chi connectivity index (χ3n) is 3.08. The van der Waals surface area contributed by atoms with Crippen molar-refractivity contribution < 1.29 is 18.0 Å². The third-order valence-corrected chi connectivity index (χ3v) is 3.08. The van der Waals surface area contributed by atoms with E-state index in [4.69, 9.17) is 0 Å². The number of amides is 1. The Morgan fingerprint density at radius 1 is 1.29 bits per heavy atom. The molecule has 0 saturated heterocycles. The van der Waals surface area contributed by atoms with Crippen LogP contribution in [0.4, 0.5) is 18.9 Å². The molecule has 4 nitrogen and oxygen atoms in total. The molecule has 0 fully saturated rings. The zero-order valence-corrected chi connectivity index (χ0v) is 12.3. The largest absolute Gasteiger partial charge is 0.418 e. The lowest BCUT2D eigenvalue weighted by atomic mass is 10.1. The predicted octanol–water partition coefficient (Wildman–Crippen LogP) is 2.00. The van der Waals surface area contributed by atoms with E-state index in [-0.39, 0.29) is 18.1 Å². The van der Waals surface area contributed by atoms with Crippen molar-refractivity contribution in [1.82, 2.24) is 10.6 Å². The number of nitrogens with one attached hydrogen (secondary N) is 2. The summed E-state index contributed by atoms with van der Waals surface area (Å²) in [5.41, 5.74) is -0.154. The molecular weight excluding hydrogens is 283 g/mol. The Labute approximate surface area is 122 Å². The van der Waals surface area contributed by atoms with E-state index < -0.39 is 11.7 Å². The summed E-state index contributed by atoms with van der Waals surface area (Å²) >= 11 is 0. The van der Waals surface area contributed by atoms with Crippen LogP contribution in [0, 0.1) is 0 Å². The number of likely N-dealkylation sites (N-methyl/N-ethyl adjacent to an activating group) is 2. The van der Waals surface area contributed by atoms with Gasteiger partial charge in [-0.05, 0) is 31.7 Å². The minimum atomic E-state index is -4.46. The Kier molecular flexibility index (Phi) is 6.02. The van der Waals surface area contributed by atoms with Gasteiger partial charge in [-0.15, -0.1) is 0 Å². The summed E-state index contributed by atoms with van der Waals surface area (Å²) < 4.78 is 39.7. The van der Waals surface area contributed by atoms with Crippen molar-refractivity contribution in [2.75, 3.05) is 32.1 Å². The number of hydrogen-bond donors (Lipinski definition) is 2. The standard InChI is InChI=1S/C14H20F3N3O/c1-4-20(9-13(21)19-3)12-6-5-10(8-18-2)7-11(12)14(15,16)17/h5-7,18H,4,8-9H2,1-3H3,(H,19,21). The van der Waals surface area contributed by atoms with Crippen molar-refractivity contribution in [2.45, 2.75) is 19.6 Å². The highest BCUT2D eigenvalue weighted by atomic mass is 19.4. The van der Waals surface area contributed by atoms with E-state index in [0.29, 0.717) is 18.7 Å². The molecule has 0 heterocycles. The second-order valence-corrected chi connectivity index (χ2v) is 4.57. The van der Waals surface area contributed by atoms with Crippen LogP contribution in [-0.4, -0.2) is 33.1 Å². The Morgan fingerprint density at radius 3 is 2.43 bits per heavy atom. The Hall–Kier alpha value is -1.76. The normalized spacial score (nSPS) is 11.3. The smallest absolute Gasteiger partial charge is 0.362 e. The van der Waals surface area contributed by atoms with Crippen LogP contribution in [0.25, 0.3) is 0 Å². The van der Waals surface area contributed by atoms with Crippen LogP contribution < -0.4 is 15.5 Å². The first kappa shape index (κ1) is 17.3. The maximum Gasteiger partial charge on any atom is 0.418 e. The summed E-state index contributed by atoms with van der Waals surface area (Å²) in [6, 6.07) is 4.17. The predicted molar refractivity (Wildman–Crippen MR) is 76.2 cm³/mol.